The maximum Gasteiger partial charge on any atom is 0.330 e. The lowest BCUT2D eigenvalue weighted by atomic mass is 9.82. The quantitative estimate of drug-likeness (QED) is 0.181. The molecule has 2 N–H and O–H groups in total. The fraction of sp³-hybridized carbons (Fsp3) is 0.567. The van der Waals surface area contributed by atoms with E-state index in [1.54, 1.807) is 18.2 Å². The van der Waals surface area contributed by atoms with E-state index in [1.807, 2.05) is 39.0 Å². The second kappa shape index (κ2) is 15.4. The van der Waals surface area contributed by atoms with Gasteiger partial charge in [0.15, 0.2) is 6.04 Å². The molecule has 0 unspecified atom stereocenters. The molecule has 0 aliphatic heterocycles. The van der Waals surface area contributed by atoms with Gasteiger partial charge in [-0.1, -0.05) is 37.5 Å². The largest absolute Gasteiger partial charge is 0.467 e. The van der Waals surface area contributed by atoms with E-state index < -0.39 is 22.5 Å². The second-order valence-corrected chi connectivity index (χ2v) is 11.3. The minimum absolute atomic E-state index is 0.00527. The smallest absolute Gasteiger partial charge is 0.330 e. The number of methoxy groups -OCH3 is 1. The van der Waals surface area contributed by atoms with Crippen molar-refractivity contribution in [3.05, 3.63) is 58.3 Å². The number of rotatable bonds is 14. The summed E-state index contributed by atoms with van der Waals surface area (Å²) in [7, 11) is 1.27. The number of carbonyl (C=O) groups excluding carboxylic acids is 2. The molecule has 1 aromatic carbocycles. The molecule has 3 rings (SSSR count). The number of para-hydroxylation sites is 1. The Labute approximate surface area is 241 Å². The van der Waals surface area contributed by atoms with Gasteiger partial charge in [0.2, 0.25) is 11.8 Å². The average molecular weight is 571 g/mol. The molecule has 0 spiro atoms. The molecular weight excluding hydrogens is 528 g/mol. The maximum absolute atomic E-state index is 12.9. The minimum atomic E-state index is -0.907. The standard InChI is InChI=1S/C30H42N4O7/c1-30(2,3)40-20-25(29(36)39-4)33-27(35)16-15-24(21-11-7-5-8-12-21)31-18-22-17-28(32-19-26(22)34(37)38)41-23-13-9-6-10-14-23/h6,9-10,13-14,17,19,21,24-25,31H,5,7-8,11-12,15-16,18,20H2,1-4H3,(H,33,35)/t24-,25+/m0/s1. The summed E-state index contributed by atoms with van der Waals surface area (Å²) in [6.45, 7) is 5.83. The van der Waals surface area contributed by atoms with Crippen molar-refractivity contribution in [3.63, 3.8) is 0 Å². The molecule has 1 fully saturated rings. The maximum atomic E-state index is 12.9. The van der Waals surface area contributed by atoms with E-state index in [4.69, 9.17) is 14.2 Å². The first-order valence-corrected chi connectivity index (χ1v) is 14.2. The Morgan fingerprint density at radius 3 is 2.49 bits per heavy atom. The lowest BCUT2D eigenvalue weighted by Crippen LogP contribution is -2.46. The molecule has 0 radical (unpaired) electrons. The molecule has 1 aliphatic carbocycles. The molecule has 1 amide bonds. The van der Waals surface area contributed by atoms with E-state index in [9.17, 15) is 19.7 Å². The predicted molar refractivity (Wildman–Crippen MR) is 153 cm³/mol. The van der Waals surface area contributed by atoms with Gasteiger partial charge in [-0.05, 0) is 58.1 Å². The molecule has 0 saturated heterocycles. The van der Waals surface area contributed by atoms with Gasteiger partial charge in [0.1, 0.15) is 11.9 Å². The van der Waals surface area contributed by atoms with Crippen LogP contribution >= 0.6 is 0 Å². The van der Waals surface area contributed by atoms with Gasteiger partial charge in [-0.15, -0.1) is 0 Å². The molecular formula is C30H42N4O7. The third kappa shape index (κ3) is 10.7. The summed E-state index contributed by atoms with van der Waals surface area (Å²) < 4.78 is 16.4. The molecule has 1 aliphatic rings. The summed E-state index contributed by atoms with van der Waals surface area (Å²) in [6.07, 6.45) is 7.32. The van der Waals surface area contributed by atoms with Crippen molar-refractivity contribution in [3.8, 4) is 11.6 Å². The minimum Gasteiger partial charge on any atom is -0.467 e. The van der Waals surface area contributed by atoms with Crippen molar-refractivity contribution in [1.29, 1.82) is 0 Å². The monoisotopic (exact) mass is 570 g/mol. The summed E-state index contributed by atoms with van der Waals surface area (Å²) in [6, 6.07) is 9.73. The van der Waals surface area contributed by atoms with Gasteiger partial charge in [0, 0.05) is 25.1 Å². The van der Waals surface area contributed by atoms with E-state index in [0.717, 1.165) is 25.7 Å². The first-order chi connectivity index (χ1) is 19.6. The van der Waals surface area contributed by atoms with E-state index in [1.165, 1.54) is 19.7 Å². The first kappa shape index (κ1) is 32.0. The highest BCUT2D eigenvalue weighted by Crippen LogP contribution is 2.30. The number of nitrogens with zero attached hydrogens (tertiary/aromatic N) is 2. The van der Waals surface area contributed by atoms with Gasteiger partial charge >= 0.3 is 5.97 Å². The van der Waals surface area contributed by atoms with Crippen LogP contribution in [0.15, 0.2) is 42.6 Å². The predicted octanol–water partition coefficient (Wildman–Crippen LogP) is 5.07. The van der Waals surface area contributed by atoms with Crippen molar-refractivity contribution in [2.45, 2.75) is 89.9 Å². The van der Waals surface area contributed by atoms with Gasteiger partial charge in [-0.25, -0.2) is 9.78 Å². The summed E-state index contributed by atoms with van der Waals surface area (Å²) in [5.41, 5.74) is -0.127. The molecule has 2 aromatic rings. The van der Waals surface area contributed by atoms with Crippen LogP contribution in [0.25, 0.3) is 0 Å². The van der Waals surface area contributed by atoms with E-state index in [-0.39, 0.29) is 43.1 Å². The molecule has 41 heavy (non-hydrogen) atoms. The van der Waals surface area contributed by atoms with Crippen molar-refractivity contribution in [2.24, 2.45) is 5.92 Å². The topological polar surface area (TPSA) is 142 Å². The van der Waals surface area contributed by atoms with Crippen LogP contribution in [0.5, 0.6) is 11.6 Å². The Morgan fingerprint density at radius 1 is 1.15 bits per heavy atom. The molecule has 2 atom stereocenters. The summed E-state index contributed by atoms with van der Waals surface area (Å²) >= 11 is 0. The van der Waals surface area contributed by atoms with Crippen LogP contribution in [0.3, 0.4) is 0 Å². The number of carbonyl (C=O) groups is 2. The third-order valence-electron chi connectivity index (χ3n) is 7.06. The van der Waals surface area contributed by atoms with Gasteiger partial charge in [0.05, 0.1) is 29.8 Å². The van der Waals surface area contributed by atoms with E-state index in [2.05, 4.69) is 15.6 Å². The zero-order valence-electron chi connectivity index (χ0n) is 24.4. The third-order valence-corrected chi connectivity index (χ3v) is 7.06. The van der Waals surface area contributed by atoms with Gasteiger partial charge < -0.3 is 24.8 Å². The lowest BCUT2D eigenvalue weighted by molar-refractivity contribution is -0.386. The number of nitrogens with one attached hydrogen (secondary N) is 2. The van der Waals surface area contributed by atoms with Crippen LogP contribution in [0, 0.1) is 16.0 Å². The van der Waals surface area contributed by atoms with Crippen LogP contribution in [0.4, 0.5) is 5.69 Å². The number of pyridine rings is 1. The van der Waals surface area contributed by atoms with Crippen LogP contribution in [-0.4, -0.2) is 53.2 Å². The Balaban J connectivity index is 1.68. The Hall–Kier alpha value is -3.57. The molecule has 224 valence electrons. The fourth-order valence-corrected chi connectivity index (χ4v) is 4.92. The second-order valence-electron chi connectivity index (χ2n) is 11.3. The summed E-state index contributed by atoms with van der Waals surface area (Å²) in [5.74, 6) is 0.325. The summed E-state index contributed by atoms with van der Waals surface area (Å²) in [4.78, 5) is 40.6. The van der Waals surface area contributed by atoms with Crippen LogP contribution in [-0.2, 0) is 25.6 Å². The molecule has 11 nitrogen and oxygen atoms in total. The van der Waals surface area contributed by atoms with E-state index in [0.29, 0.717) is 23.7 Å². The van der Waals surface area contributed by atoms with Crippen molar-refractivity contribution >= 4 is 17.6 Å². The molecule has 1 heterocycles. The Bertz CT molecular complexity index is 1150. The van der Waals surface area contributed by atoms with Gasteiger partial charge in [-0.3, -0.25) is 14.9 Å². The SMILES string of the molecule is COC(=O)[C@@H](COC(C)(C)C)NC(=O)CC[C@H](NCc1cc(Oc2ccccc2)ncc1[N+](=O)[O-])C1CCCCC1. The normalized spacial score (nSPS) is 15.5. The lowest BCUT2D eigenvalue weighted by Gasteiger charge is -2.31. The molecule has 11 heteroatoms. The number of esters is 1. The molecule has 1 aromatic heterocycles. The molecule has 0 bridgehead atoms. The van der Waals surface area contributed by atoms with Crippen molar-refractivity contribution in [2.75, 3.05) is 13.7 Å². The van der Waals surface area contributed by atoms with Gasteiger partial charge in [-0.2, -0.15) is 0 Å². The summed E-state index contributed by atoms with van der Waals surface area (Å²) in [5, 5.41) is 18.0. The highest BCUT2D eigenvalue weighted by atomic mass is 16.6. The Morgan fingerprint density at radius 2 is 1.85 bits per heavy atom. The first-order valence-electron chi connectivity index (χ1n) is 14.2. The van der Waals surface area contributed by atoms with Crippen molar-refractivity contribution in [1.82, 2.24) is 15.6 Å². The zero-order chi connectivity index (χ0) is 29.8. The number of hydrogen-bond acceptors (Lipinski definition) is 9. The number of hydrogen-bond donors (Lipinski definition) is 2. The van der Waals surface area contributed by atoms with Gasteiger partial charge in [0.25, 0.3) is 5.69 Å². The highest BCUT2D eigenvalue weighted by molar-refractivity contribution is 5.84. The number of amides is 1. The Kier molecular flexibility index (Phi) is 12.0. The van der Waals surface area contributed by atoms with Crippen LogP contribution < -0.4 is 15.4 Å². The number of ether oxygens (including phenoxy) is 3. The number of benzene rings is 1. The van der Waals surface area contributed by atoms with E-state index >= 15 is 0 Å². The van der Waals surface area contributed by atoms with Crippen LogP contribution in [0.1, 0.15) is 71.3 Å². The van der Waals surface area contributed by atoms with Crippen LogP contribution in [0.2, 0.25) is 0 Å². The zero-order valence-corrected chi connectivity index (χ0v) is 24.4. The fourth-order valence-electron chi connectivity index (χ4n) is 4.92. The molecule has 1 saturated carbocycles. The number of aromatic nitrogens is 1. The average Bonchev–Trinajstić information content (AvgIpc) is 2.95. The van der Waals surface area contributed by atoms with Crippen molar-refractivity contribution < 1.29 is 28.7 Å². The highest BCUT2D eigenvalue weighted by Gasteiger charge is 2.28. The number of nitro groups is 1.